The monoisotopic (exact) mass is 549 g/mol. The maximum Gasteiger partial charge on any atom is 0.241 e. The molecule has 3 aliphatic rings. The molecule has 2 saturated heterocycles. The quantitative estimate of drug-likeness (QED) is 0.327. The number of carbonyl (C=O) groups excluding carboxylic acids is 4. The van der Waals surface area contributed by atoms with Crippen molar-refractivity contribution in [1.82, 2.24) is 0 Å². The summed E-state index contributed by atoms with van der Waals surface area (Å²) in [4.78, 5) is 56.4. The van der Waals surface area contributed by atoms with E-state index >= 15 is 0 Å². The molecule has 2 fully saturated rings. The van der Waals surface area contributed by atoms with Crippen LogP contribution in [0, 0.1) is 18.8 Å². The number of halogens is 2. The number of aryl methyl sites for hydroxylation is 1. The van der Waals surface area contributed by atoms with E-state index in [4.69, 9.17) is 16.3 Å². The molecule has 0 bridgehead atoms. The Morgan fingerprint density at radius 1 is 0.886 bits per heavy atom. The number of hydrogen-bond donors (Lipinski definition) is 0. The van der Waals surface area contributed by atoms with E-state index in [9.17, 15) is 19.2 Å². The van der Waals surface area contributed by atoms with Gasteiger partial charge in [-0.15, -0.1) is 0 Å². The van der Waals surface area contributed by atoms with E-state index in [1.807, 2.05) is 0 Å². The van der Waals surface area contributed by atoms with Gasteiger partial charge >= 0.3 is 0 Å². The third-order valence-corrected chi connectivity index (χ3v) is 7.89. The lowest BCUT2D eigenvalue weighted by Crippen LogP contribution is -2.51. The lowest BCUT2D eigenvalue weighted by atomic mass is 9.77. The molecule has 2 heterocycles. The van der Waals surface area contributed by atoms with Crippen molar-refractivity contribution < 1.29 is 23.9 Å². The molecule has 3 atom stereocenters. The smallest absolute Gasteiger partial charge is 0.241 e. The van der Waals surface area contributed by atoms with Crippen LogP contribution in [0.5, 0.6) is 0 Å². The topological polar surface area (TPSA) is 80.8 Å². The highest BCUT2D eigenvalue weighted by atomic mass is 79.9. The number of nitrogens with zero attached hydrogens (tertiary/aromatic N) is 1. The fourth-order valence-corrected chi connectivity index (χ4v) is 5.96. The minimum absolute atomic E-state index is 0.199. The van der Waals surface area contributed by atoms with Gasteiger partial charge in [0.2, 0.25) is 29.0 Å². The highest BCUT2D eigenvalue weighted by Gasteiger charge is 2.74. The number of ether oxygens (including phenoxy) is 1. The number of amides is 2. The van der Waals surface area contributed by atoms with Crippen LogP contribution in [0.2, 0.25) is 5.02 Å². The summed E-state index contributed by atoms with van der Waals surface area (Å²) in [5.74, 6) is -4.68. The molecule has 0 N–H and O–H groups in total. The molecule has 6 nitrogen and oxygen atoms in total. The van der Waals surface area contributed by atoms with Gasteiger partial charge < -0.3 is 4.74 Å². The van der Waals surface area contributed by atoms with Crippen molar-refractivity contribution >= 4 is 56.6 Å². The van der Waals surface area contributed by atoms with Gasteiger partial charge in [-0.3, -0.25) is 19.2 Å². The van der Waals surface area contributed by atoms with E-state index in [0.717, 1.165) is 9.37 Å². The van der Waals surface area contributed by atoms with Crippen molar-refractivity contribution in [2.75, 3.05) is 4.90 Å². The number of hydrogen-bond acceptors (Lipinski definition) is 5. The van der Waals surface area contributed by atoms with Crippen LogP contribution in [0.1, 0.15) is 37.9 Å². The predicted molar refractivity (Wildman–Crippen MR) is 131 cm³/mol. The van der Waals surface area contributed by atoms with Gasteiger partial charge in [0.25, 0.3) is 0 Å². The van der Waals surface area contributed by atoms with E-state index in [-0.39, 0.29) is 11.1 Å². The molecule has 3 aromatic rings. The van der Waals surface area contributed by atoms with Crippen LogP contribution in [0.3, 0.4) is 0 Å². The third kappa shape index (κ3) is 2.92. The van der Waals surface area contributed by atoms with E-state index in [2.05, 4.69) is 15.9 Å². The summed E-state index contributed by atoms with van der Waals surface area (Å²) >= 11 is 9.59. The molecule has 3 aromatic carbocycles. The molecule has 1 aliphatic carbocycles. The van der Waals surface area contributed by atoms with Crippen molar-refractivity contribution in [3.8, 4) is 0 Å². The molecule has 174 valence electrons. The number of carbonyl (C=O) groups is 4. The van der Waals surface area contributed by atoms with Crippen molar-refractivity contribution in [3.63, 3.8) is 0 Å². The molecule has 6 rings (SSSR count). The largest absolute Gasteiger partial charge is 0.349 e. The van der Waals surface area contributed by atoms with Crippen molar-refractivity contribution in [3.05, 3.63) is 98.5 Å². The van der Waals surface area contributed by atoms with Crippen LogP contribution in [-0.4, -0.2) is 29.0 Å². The predicted octanol–water partition coefficient (Wildman–Crippen LogP) is 5.11. The average molecular weight is 551 g/mol. The Morgan fingerprint density at radius 2 is 1.51 bits per heavy atom. The van der Waals surface area contributed by atoms with Crippen molar-refractivity contribution in [2.24, 2.45) is 11.8 Å². The molecule has 8 heteroatoms. The zero-order valence-electron chi connectivity index (χ0n) is 18.3. The average Bonchev–Trinajstić information content (AvgIpc) is 3.41. The summed E-state index contributed by atoms with van der Waals surface area (Å²) in [6.45, 7) is 1.76. The fourth-order valence-electron chi connectivity index (χ4n) is 5.53. The summed E-state index contributed by atoms with van der Waals surface area (Å²) in [5, 5.41) is 0.360. The summed E-state index contributed by atoms with van der Waals surface area (Å²) in [6, 6.07) is 18.4. The lowest BCUT2D eigenvalue weighted by Gasteiger charge is -2.27. The molecule has 0 aromatic heterocycles. The first-order valence-electron chi connectivity index (χ1n) is 11.0. The van der Waals surface area contributed by atoms with Crippen LogP contribution in [0.4, 0.5) is 5.69 Å². The number of Topliss-reactive ketones (excluding diaryl/α,β-unsaturated/α-hetero) is 2. The Hall–Kier alpha value is -3.13. The second-order valence-electron chi connectivity index (χ2n) is 8.98. The number of benzene rings is 3. The maximum atomic E-state index is 14.0. The molecule has 0 unspecified atom stereocenters. The minimum Gasteiger partial charge on any atom is -0.349 e. The lowest BCUT2D eigenvalue weighted by molar-refractivity contribution is -0.127. The van der Waals surface area contributed by atoms with Gasteiger partial charge in [0.15, 0.2) is 0 Å². The molecule has 2 aliphatic heterocycles. The van der Waals surface area contributed by atoms with Crippen LogP contribution >= 0.6 is 27.5 Å². The highest BCUT2D eigenvalue weighted by Crippen LogP contribution is 2.58. The molecular weight excluding hydrogens is 534 g/mol. The standard InChI is InChI=1S/C27H17BrClNO5/c1-13-6-11-16(29)12-19(13)30-25(33)20-21(26(30)34)27(35-22(20)14-7-9-15(28)10-8-14)23(31)17-4-2-3-5-18(17)24(27)32/h2-12,20-22H,1H3/t20-,21+,22-/m1/s1. The zero-order valence-corrected chi connectivity index (χ0v) is 20.7. The van der Waals surface area contributed by atoms with E-state index < -0.39 is 46.9 Å². The van der Waals surface area contributed by atoms with E-state index in [1.165, 1.54) is 0 Å². The Bertz CT molecular complexity index is 1430. The van der Waals surface area contributed by atoms with Crippen molar-refractivity contribution in [1.29, 1.82) is 0 Å². The van der Waals surface area contributed by atoms with E-state index in [1.54, 1.807) is 73.7 Å². The van der Waals surface area contributed by atoms with Gasteiger partial charge in [-0.05, 0) is 42.3 Å². The molecule has 1 spiro atoms. The van der Waals surface area contributed by atoms with Gasteiger partial charge in [0.05, 0.1) is 23.6 Å². The Kier molecular flexibility index (Phi) is 4.90. The maximum absolute atomic E-state index is 14.0. The highest BCUT2D eigenvalue weighted by molar-refractivity contribution is 9.10. The number of rotatable bonds is 2. The Balaban J connectivity index is 1.56. The van der Waals surface area contributed by atoms with Gasteiger partial charge in [-0.1, -0.05) is 70.0 Å². The van der Waals surface area contributed by atoms with Gasteiger partial charge in [0.1, 0.15) is 0 Å². The van der Waals surface area contributed by atoms with Crippen LogP contribution in [0.15, 0.2) is 71.2 Å². The minimum atomic E-state index is -2.10. The first-order chi connectivity index (χ1) is 16.8. The van der Waals surface area contributed by atoms with Gasteiger partial charge in [-0.2, -0.15) is 0 Å². The Labute approximate surface area is 214 Å². The zero-order chi connectivity index (χ0) is 24.6. The SMILES string of the molecule is Cc1ccc(Cl)cc1N1C(=O)[C@H]2[C@@H](c3ccc(Br)cc3)OC3(C(=O)c4ccccc4C3=O)[C@@H]2C1=O. The second kappa shape index (κ2) is 7.68. The van der Waals surface area contributed by atoms with Crippen LogP contribution < -0.4 is 4.90 Å². The first kappa shape index (κ1) is 22.3. The molecule has 0 radical (unpaired) electrons. The first-order valence-corrected chi connectivity index (χ1v) is 12.2. The second-order valence-corrected chi connectivity index (χ2v) is 10.3. The van der Waals surface area contributed by atoms with Crippen LogP contribution in [-0.2, 0) is 14.3 Å². The van der Waals surface area contributed by atoms with Crippen LogP contribution in [0.25, 0.3) is 0 Å². The summed E-state index contributed by atoms with van der Waals surface area (Å²) in [5.41, 5.74) is -0.0983. The third-order valence-electron chi connectivity index (χ3n) is 7.13. The molecule has 35 heavy (non-hydrogen) atoms. The molecular formula is C27H17BrClNO5. The number of fused-ring (bicyclic) bond motifs is 3. The summed E-state index contributed by atoms with van der Waals surface area (Å²) in [7, 11) is 0. The molecule has 2 amide bonds. The number of anilines is 1. The Morgan fingerprint density at radius 3 is 2.14 bits per heavy atom. The van der Waals surface area contributed by atoms with Gasteiger partial charge in [0, 0.05) is 20.6 Å². The summed E-state index contributed by atoms with van der Waals surface area (Å²) < 4.78 is 7.10. The number of ketones is 2. The van der Waals surface area contributed by atoms with E-state index in [0.29, 0.717) is 21.8 Å². The summed E-state index contributed by atoms with van der Waals surface area (Å²) in [6.07, 6.45) is -0.962. The van der Waals surface area contributed by atoms with Gasteiger partial charge in [-0.25, -0.2) is 4.90 Å². The molecule has 0 saturated carbocycles. The van der Waals surface area contributed by atoms with Crippen molar-refractivity contribution in [2.45, 2.75) is 18.6 Å². The fraction of sp³-hybridized carbons (Fsp3) is 0.185. The number of imide groups is 1. The normalized spacial score (nSPS) is 24.4.